The van der Waals surface area contributed by atoms with Gasteiger partial charge in [0, 0.05) is 6.54 Å². The molecule has 1 heterocycles. The summed E-state index contributed by atoms with van der Waals surface area (Å²) in [5.41, 5.74) is 0.101. The predicted octanol–water partition coefficient (Wildman–Crippen LogP) is 1.94. The Morgan fingerprint density at radius 2 is 2.19 bits per heavy atom. The van der Waals surface area contributed by atoms with Crippen LogP contribution in [0.4, 0.5) is 0 Å². The lowest BCUT2D eigenvalue weighted by Crippen LogP contribution is -2.37. The maximum atomic E-state index is 11.5. The van der Waals surface area contributed by atoms with Crippen LogP contribution in [0, 0.1) is 0 Å². The normalized spacial score (nSPS) is 23.4. The topological polar surface area (TPSA) is 67.8 Å². The minimum Gasteiger partial charge on any atom is -0.493 e. The average molecular weight is 291 g/mol. The molecule has 1 aromatic carbocycles. The first-order valence-corrected chi connectivity index (χ1v) is 7.45. The number of carboxylic acids is 1. The predicted molar refractivity (Wildman–Crippen MR) is 78.1 cm³/mol. The summed E-state index contributed by atoms with van der Waals surface area (Å²) in [6.45, 7) is 1.84. The molecule has 1 aliphatic heterocycles. The molecule has 1 unspecified atom stereocenters. The highest BCUT2D eigenvalue weighted by Gasteiger charge is 2.52. The Hall–Kier alpha value is -1.75. The van der Waals surface area contributed by atoms with Crippen molar-refractivity contribution in [1.82, 2.24) is 5.32 Å². The summed E-state index contributed by atoms with van der Waals surface area (Å²) in [4.78, 5) is 11.5. The van der Waals surface area contributed by atoms with Gasteiger partial charge in [0.1, 0.15) is 6.10 Å². The second-order valence-electron chi connectivity index (χ2n) is 5.84. The molecule has 1 aliphatic carbocycles. The molecular weight excluding hydrogens is 270 g/mol. The van der Waals surface area contributed by atoms with E-state index in [1.54, 1.807) is 7.11 Å². The van der Waals surface area contributed by atoms with E-state index in [1.165, 1.54) is 0 Å². The molecule has 114 valence electrons. The Morgan fingerprint density at radius 1 is 1.38 bits per heavy atom. The fourth-order valence-corrected chi connectivity index (χ4v) is 2.92. The van der Waals surface area contributed by atoms with E-state index in [1.807, 2.05) is 18.2 Å². The second-order valence-corrected chi connectivity index (χ2v) is 5.84. The van der Waals surface area contributed by atoms with Gasteiger partial charge in [-0.2, -0.15) is 0 Å². The van der Waals surface area contributed by atoms with E-state index in [2.05, 4.69) is 5.32 Å². The van der Waals surface area contributed by atoms with Crippen LogP contribution < -0.4 is 14.8 Å². The van der Waals surface area contributed by atoms with Crippen LogP contribution in [0.1, 0.15) is 31.2 Å². The minimum absolute atomic E-state index is 0.114. The monoisotopic (exact) mass is 291 g/mol. The molecule has 0 spiro atoms. The lowest BCUT2D eigenvalue weighted by molar-refractivity contribution is -0.140. The van der Waals surface area contributed by atoms with Gasteiger partial charge in [0.25, 0.3) is 0 Å². The van der Waals surface area contributed by atoms with Crippen molar-refractivity contribution >= 4 is 5.97 Å². The van der Waals surface area contributed by atoms with Crippen molar-refractivity contribution in [2.24, 2.45) is 0 Å². The number of piperidine rings is 1. The highest BCUT2D eigenvalue weighted by Crippen LogP contribution is 2.50. The maximum absolute atomic E-state index is 11.5. The Kier molecular flexibility index (Phi) is 3.76. The molecular formula is C16H21NO4. The van der Waals surface area contributed by atoms with Gasteiger partial charge in [-0.1, -0.05) is 6.07 Å². The summed E-state index contributed by atoms with van der Waals surface area (Å²) < 4.78 is 11.4. The first-order valence-electron chi connectivity index (χ1n) is 7.45. The van der Waals surface area contributed by atoms with Gasteiger partial charge in [-0.25, -0.2) is 0 Å². The van der Waals surface area contributed by atoms with Gasteiger partial charge in [-0.15, -0.1) is 0 Å². The third kappa shape index (κ3) is 2.70. The number of ether oxygens (including phenoxy) is 2. The van der Waals surface area contributed by atoms with Gasteiger partial charge in [0.15, 0.2) is 11.5 Å². The molecule has 1 atom stereocenters. The molecule has 2 N–H and O–H groups in total. The van der Waals surface area contributed by atoms with E-state index in [0.717, 1.165) is 31.5 Å². The van der Waals surface area contributed by atoms with Crippen LogP contribution in [0.5, 0.6) is 11.5 Å². The SMILES string of the molecule is COc1ccc(C2(C(=O)O)CC2)cc1OC1CCCNC1. The standard InChI is InChI=1S/C16H21NO4/c1-20-13-5-4-11(16(6-7-16)15(18)19)9-14(13)21-12-3-2-8-17-10-12/h4-5,9,12,17H,2-3,6-8,10H2,1H3,(H,18,19). The van der Waals surface area contributed by atoms with Gasteiger partial charge in [0.2, 0.25) is 0 Å². The zero-order valence-corrected chi connectivity index (χ0v) is 12.2. The van der Waals surface area contributed by atoms with Crippen molar-refractivity contribution in [3.63, 3.8) is 0 Å². The molecule has 0 bridgehead atoms. The third-order valence-corrected chi connectivity index (χ3v) is 4.42. The third-order valence-electron chi connectivity index (χ3n) is 4.42. The first-order chi connectivity index (χ1) is 10.2. The Balaban J connectivity index is 1.85. The summed E-state index contributed by atoms with van der Waals surface area (Å²) in [6, 6.07) is 5.49. The Labute approximate surface area is 124 Å². The van der Waals surface area contributed by atoms with Crippen LogP contribution in [0.2, 0.25) is 0 Å². The molecule has 3 rings (SSSR count). The number of aliphatic carboxylic acids is 1. The molecule has 5 nitrogen and oxygen atoms in total. The first kappa shape index (κ1) is 14.2. The Bertz CT molecular complexity index is 533. The van der Waals surface area contributed by atoms with Crippen molar-refractivity contribution in [3.05, 3.63) is 23.8 Å². The van der Waals surface area contributed by atoms with Crippen LogP contribution >= 0.6 is 0 Å². The molecule has 2 fully saturated rings. The number of carbonyl (C=O) groups is 1. The van der Waals surface area contributed by atoms with Gasteiger partial charge in [-0.3, -0.25) is 4.79 Å². The largest absolute Gasteiger partial charge is 0.493 e. The van der Waals surface area contributed by atoms with Gasteiger partial charge in [-0.05, 0) is 49.9 Å². The Morgan fingerprint density at radius 3 is 2.76 bits per heavy atom. The van der Waals surface area contributed by atoms with Gasteiger partial charge in [0.05, 0.1) is 12.5 Å². The van der Waals surface area contributed by atoms with Crippen LogP contribution in [0.3, 0.4) is 0 Å². The summed E-state index contributed by atoms with van der Waals surface area (Å²) in [6.07, 6.45) is 3.59. The molecule has 1 aromatic rings. The molecule has 0 aromatic heterocycles. The van der Waals surface area contributed by atoms with Gasteiger partial charge < -0.3 is 19.9 Å². The van der Waals surface area contributed by atoms with E-state index in [0.29, 0.717) is 24.3 Å². The molecule has 1 saturated heterocycles. The fraction of sp³-hybridized carbons (Fsp3) is 0.562. The van der Waals surface area contributed by atoms with Crippen LogP contribution in [-0.4, -0.2) is 37.4 Å². The molecule has 0 radical (unpaired) electrons. The quantitative estimate of drug-likeness (QED) is 0.868. The molecule has 2 aliphatic rings. The summed E-state index contributed by atoms with van der Waals surface area (Å²) in [5, 5.41) is 12.7. The number of rotatable bonds is 5. The highest BCUT2D eigenvalue weighted by atomic mass is 16.5. The van der Waals surface area contributed by atoms with E-state index in [9.17, 15) is 9.90 Å². The number of hydrogen-bond donors (Lipinski definition) is 2. The average Bonchev–Trinajstić information content (AvgIpc) is 3.30. The number of benzene rings is 1. The smallest absolute Gasteiger partial charge is 0.314 e. The lowest BCUT2D eigenvalue weighted by atomic mass is 9.96. The van der Waals surface area contributed by atoms with Crippen molar-refractivity contribution in [2.75, 3.05) is 20.2 Å². The van der Waals surface area contributed by atoms with Crippen molar-refractivity contribution in [3.8, 4) is 11.5 Å². The number of nitrogens with one attached hydrogen (secondary N) is 1. The molecule has 0 amide bonds. The molecule has 21 heavy (non-hydrogen) atoms. The van der Waals surface area contributed by atoms with Crippen LogP contribution in [-0.2, 0) is 10.2 Å². The molecule has 5 heteroatoms. The van der Waals surface area contributed by atoms with Crippen molar-refractivity contribution in [1.29, 1.82) is 0 Å². The summed E-state index contributed by atoms with van der Waals surface area (Å²) in [7, 11) is 1.60. The van der Waals surface area contributed by atoms with E-state index >= 15 is 0 Å². The molecule has 1 saturated carbocycles. The van der Waals surface area contributed by atoms with E-state index < -0.39 is 11.4 Å². The van der Waals surface area contributed by atoms with Crippen molar-refractivity contribution in [2.45, 2.75) is 37.2 Å². The fourth-order valence-electron chi connectivity index (χ4n) is 2.92. The second kappa shape index (κ2) is 5.56. The number of hydrogen-bond acceptors (Lipinski definition) is 4. The van der Waals surface area contributed by atoms with Crippen LogP contribution in [0.15, 0.2) is 18.2 Å². The van der Waals surface area contributed by atoms with Gasteiger partial charge >= 0.3 is 5.97 Å². The van der Waals surface area contributed by atoms with Crippen LogP contribution in [0.25, 0.3) is 0 Å². The van der Waals surface area contributed by atoms with E-state index in [-0.39, 0.29) is 6.10 Å². The summed E-state index contributed by atoms with van der Waals surface area (Å²) >= 11 is 0. The summed E-state index contributed by atoms with van der Waals surface area (Å²) in [5.74, 6) is 0.555. The zero-order chi connectivity index (χ0) is 14.9. The lowest BCUT2D eigenvalue weighted by Gasteiger charge is -2.25. The zero-order valence-electron chi connectivity index (χ0n) is 12.2. The minimum atomic E-state index is -0.752. The van der Waals surface area contributed by atoms with Crippen molar-refractivity contribution < 1.29 is 19.4 Å². The van der Waals surface area contributed by atoms with E-state index in [4.69, 9.17) is 9.47 Å². The maximum Gasteiger partial charge on any atom is 0.314 e. The number of carboxylic acid groups (broad SMARTS) is 1. The highest BCUT2D eigenvalue weighted by molar-refractivity contribution is 5.85. The number of methoxy groups -OCH3 is 1.